The Bertz CT molecular complexity index is 531. The molecule has 0 saturated heterocycles. The summed E-state index contributed by atoms with van der Waals surface area (Å²) in [7, 11) is 0. The summed E-state index contributed by atoms with van der Waals surface area (Å²) < 4.78 is 13.5. The van der Waals surface area contributed by atoms with E-state index in [4.69, 9.17) is 17.3 Å². The molecule has 2 aromatic carbocycles. The Morgan fingerprint density at radius 1 is 1.18 bits per heavy atom. The fourth-order valence-corrected chi connectivity index (χ4v) is 2.52. The van der Waals surface area contributed by atoms with Crippen LogP contribution < -0.4 is 5.73 Å². The van der Waals surface area contributed by atoms with E-state index in [0.29, 0.717) is 22.0 Å². The number of benzene rings is 2. The number of thioether (sulfide) groups is 1. The van der Waals surface area contributed by atoms with Crippen molar-refractivity contribution < 1.29 is 4.39 Å². The van der Waals surface area contributed by atoms with Crippen LogP contribution in [0.2, 0.25) is 5.02 Å². The first-order valence-electron chi connectivity index (χ1n) is 5.08. The molecule has 0 aliphatic carbocycles. The summed E-state index contributed by atoms with van der Waals surface area (Å²) in [4.78, 5) is 0.960. The van der Waals surface area contributed by atoms with Crippen molar-refractivity contribution in [2.24, 2.45) is 0 Å². The number of nitrogens with two attached hydrogens (primary N) is 1. The number of rotatable bonds is 3. The number of nitrogen functional groups attached to an aromatic ring is 1. The van der Waals surface area contributed by atoms with Crippen molar-refractivity contribution in [3.63, 3.8) is 0 Å². The molecule has 0 aliphatic heterocycles. The lowest BCUT2D eigenvalue weighted by Crippen LogP contribution is -1.90. The van der Waals surface area contributed by atoms with Crippen molar-refractivity contribution in [3.05, 3.63) is 58.9 Å². The molecule has 0 aromatic heterocycles. The summed E-state index contributed by atoms with van der Waals surface area (Å²) in [6.07, 6.45) is 0. The highest BCUT2D eigenvalue weighted by atomic mass is 35.5. The second kappa shape index (κ2) is 5.43. The van der Waals surface area contributed by atoms with Gasteiger partial charge in [0.1, 0.15) is 5.82 Å². The molecule has 2 rings (SSSR count). The van der Waals surface area contributed by atoms with Crippen LogP contribution in [0.25, 0.3) is 0 Å². The molecule has 0 atom stereocenters. The molecule has 0 saturated carbocycles. The van der Waals surface area contributed by atoms with Crippen molar-refractivity contribution in [2.45, 2.75) is 10.6 Å². The summed E-state index contributed by atoms with van der Waals surface area (Å²) >= 11 is 7.20. The topological polar surface area (TPSA) is 26.0 Å². The highest BCUT2D eigenvalue weighted by Crippen LogP contribution is 2.29. The lowest BCUT2D eigenvalue weighted by atomic mass is 10.2. The second-order valence-corrected chi connectivity index (χ2v) is 5.02. The van der Waals surface area contributed by atoms with Gasteiger partial charge in [0.15, 0.2) is 0 Å². The molecule has 0 bridgehead atoms. The predicted molar refractivity (Wildman–Crippen MR) is 71.8 cm³/mol. The van der Waals surface area contributed by atoms with Crippen molar-refractivity contribution in [1.82, 2.24) is 0 Å². The van der Waals surface area contributed by atoms with Crippen LogP contribution in [-0.4, -0.2) is 0 Å². The molecule has 0 aliphatic rings. The van der Waals surface area contributed by atoms with Gasteiger partial charge in [-0.15, -0.1) is 11.8 Å². The van der Waals surface area contributed by atoms with Crippen molar-refractivity contribution in [1.29, 1.82) is 0 Å². The average molecular weight is 268 g/mol. The first kappa shape index (κ1) is 12.3. The minimum Gasteiger partial charge on any atom is -0.398 e. The molecule has 4 heteroatoms. The van der Waals surface area contributed by atoms with Gasteiger partial charge in [-0.3, -0.25) is 0 Å². The zero-order valence-electron chi connectivity index (χ0n) is 8.99. The summed E-state index contributed by atoms with van der Waals surface area (Å²) in [5.74, 6) is 0.261. The van der Waals surface area contributed by atoms with Gasteiger partial charge in [0.25, 0.3) is 0 Å². The van der Waals surface area contributed by atoms with Gasteiger partial charge in [-0.05, 0) is 29.8 Å². The number of anilines is 1. The van der Waals surface area contributed by atoms with Gasteiger partial charge in [-0.1, -0.05) is 29.8 Å². The largest absolute Gasteiger partial charge is 0.398 e. The molecular formula is C13H11ClFNS. The fourth-order valence-electron chi connectivity index (χ4n) is 1.41. The number of hydrogen-bond donors (Lipinski definition) is 1. The van der Waals surface area contributed by atoms with E-state index in [2.05, 4.69) is 0 Å². The maximum atomic E-state index is 13.5. The zero-order chi connectivity index (χ0) is 12.3. The van der Waals surface area contributed by atoms with Crippen LogP contribution in [0.5, 0.6) is 0 Å². The Labute approximate surface area is 109 Å². The number of para-hydroxylation sites is 1. The van der Waals surface area contributed by atoms with E-state index in [1.807, 2.05) is 24.3 Å². The minimum atomic E-state index is -0.278. The van der Waals surface area contributed by atoms with Crippen LogP contribution in [0, 0.1) is 5.82 Å². The predicted octanol–water partition coefficient (Wildman–Crippen LogP) is 4.35. The SMILES string of the molecule is Nc1ccccc1SCc1ccc(Cl)cc1F. The van der Waals surface area contributed by atoms with E-state index in [0.717, 1.165) is 4.90 Å². The lowest BCUT2D eigenvalue weighted by Gasteiger charge is -2.06. The van der Waals surface area contributed by atoms with Crippen LogP contribution in [0.15, 0.2) is 47.4 Å². The molecular weight excluding hydrogens is 257 g/mol. The maximum absolute atomic E-state index is 13.5. The highest BCUT2D eigenvalue weighted by molar-refractivity contribution is 7.98. The Kier molecular flexibility index (Phi) is 3.92. The van der Waals surface area contributed by atoms with E-state index < -0.39 is 0 Å². The molecule has 17 heavy (non-hydrogen) atoms. The van der Waals surface area contributed by atoms with Crippen LogP contribution >= 0.6 is 23.4 Å². The van der Waals surface area contributed by atoms with Crippen LogP contribution in [-0.2, 0) is 5.75 Å². The van der Waals surface area contributed by atoms with Gasteiger partial charge >= 0.3 is 0 Å². The third kappa shape index (κ3) is 3.14. The minimum absolute atomic E-state index is 0.278. The summed E-state index contributed by atoms with van der Waals surface area (Å²) in [6.45, 7) is 0. The molecule has 0 unspecified atom stereocenters. The molecule has 0 spiro atoms. The van der Waals surface area contributed by atoms with Gasteiger partial charge < -0.3 is 5.73 Å². The highest BCUT2D eigenvalue weighted by Gasteiger charge is 2.05. The molecule has 88 valence electrons. The van der Waals surface area contributed by atoms with Crippen molar-refractivity contribution in [2.75, 3.05) is 5.73 Å². The van der Waals surface area contributed by atoms with Gasteiger partial charge in [0.05, 0.1) is 0 Å². The first-order chi connectivity index (χ1) is 8.16. The van der Waals surface area contributed by atoms with E-state index >= 15 is 0 Å². The average Bonchev–Trinajstić information content (AvgIpc) is 2.30. The molecule has 0 amide bonds. The van der Waals surface area contributed by atoms with E-state index in [9.17, 15) is 4.39 Å². The Hall–Kier alpha value is -1.19. The summed E-state index contributed by atoms with van der Waals surface area (Å²) in [5, 5.41) is 0.412. The van der Waals surface area contributed by atoms with E-state index in [1.165, 1.54) is 17.8 Å². The smallest absolute Gasteiger partial charge is 0.128 e. The molecule has 0 radical (unpaired) electrons. The monoisotopic (exact) mass is 267 g/mol. The molecule has 2 N–H and O–H groups in total. The van der Waals surface area contributed by atoms with E-state index in [-0.39, 0.29) is 5.82 Å². The Balaban J connectivity index is 2.10. The summed E-state index contributed by atoms with van der Waals surface area (Å²) in [5.41, 5.74) is 7.15. The Morgan fingerprint density at radius 2 is 1.94 bits per heavy atom. The molecule has 2 aromatic rings. The van der Waals surface area contributed by atoms with Crippen LogP contribution in [0.4, 0.5) is 10.1 Å². The van der Waals surface area contributed by atoms with Crippen LogP contribution in [0.3, 0.4) is 0 Å². The van der Waals surface area contributed by atoms with Gasteiger partial charge in [0, 0.05) is 21.4 Å². The van der Waals surface area contributed by atoms with E-state index in [1.54, 1.807) is 12.1 Å². The second-order valence-electron chi connectivity index (χ2n) is 3.56. The normalized spacial score (nSPS) is 10.5. The maximum Gasteiger partial charge on any atom is 0.128 e. The van der Waals surface area contributed by atoms with Crippen LogP contribution in [0.1, 0.15) is 5.56 Å². The third-order valence-corrected chi connectivity index (χ3v) is 3.69. The number of halogens is 2. The van der Waals surface area contributed by atoms with Crippen molar-refractivity contribution >= 4 is 29.1 Å². The van der Waals surface area contributed by atoms with Gasteiger partial charge in [0.2, 0.25) is 0 Å². The Morgan fingerprint density at radius 3 is 2.65 bits per heavy atom. The lowest BCUT2D eigenvalue weighted by molar-refractivity contribution is 0.617. The molecule has 1 nitrogen and oxygen atoms in total. The van der Waals surface area contributed by atoms with Crippen molar-refractivity contribution in [3.8, 4) is 0 Å². The first-order valence-corrected chi connectivity index (χ1v) is 6.44. The van der Waals surface area contributed by atoms with Gasteiger partial charge in [-0.25, -0.2) is 4.39 Å². The fraction of sp³-hybridized carbons (Fsp3) is 0.0769. The molecule has 0 heterocycles. The third-order valence-electron chi connectivity index (χ3n) is 2.32. The summed E-state index contributed by atoms with van der Waals surface area (Å²) in [6, 6.07) is 12.3. The quantitative estimate of drug-likeness (QED) is 0.661. The van der Waals surface area contributed by atoms with Gasteiger partial charge in [-0.2, -0.15) is 0 Å². The number of hydrogen-bond acceptors (Lipinski definition) is 2. The standard InChI is InChI=1S/C13H11ClFNS/c14-10-6-5-9(11(15)7-10)8-17-13-4-2-1-3-12(13)16/h1-7H,8,16H2. The zero-order valence-corrected chi connectivity index (χ0v) is 10.6. The molecule has 0 fully saturated rings.